The van der Waals surface area contributed by atoms with Crippen molar-refractivity contribution in [3.05, 3.63) is 0 Å². The molecule has 0 aliphatic carbocycles. The fourth-order valence-electron chi connectivity index (χ4n) is 2.58. The minimum absolute atomic E-state index is 0.120. The van der Waals surface area contributed by atoms with Crippen molar-refractivity contribution in [1.82, 2.24) is 9.80 Å². The van der Waals surface area contributed by atoms with E-state index < -0.39 is 0 Å². The Morgan fingerprint density at radius 3 is 2.76 bits per heavy atom. The third-order valence-electron chi connectivity index (χ3n) is 3.98. The van der Waals surface area contributed by atoms with Gasteiger partial charge in [0, 0.05) is 38.1 Å². The van der Waals surface area contributed by atoms with E-state index in [1.165, 1.54) is 0 Å². The molecule has 2 heterocycles. The third kappa shape index (κ3) is 2.29. The number of nitrogens with zero attached hydrogens (tertiary/aromatic N) is 2. The lowest BCUT2D eigenvalue weighted by atomic mass is 10.0. The predicted octanol–water partition coefficient (Wildman–Crippen LogP) is -0.197. The molecular formula is C12H21N3O2. The average molecular weight is 239 g/mol. The van der Waals surface area contributed by atoms with Crippen LogP contribution in [0.2, 0.25) is 0 Å². The largest absolute Gasteiger partial charge is 0.339 e. The van der Waals surface area contributed by atoms with Gasteiger partial charge >= 0.3 is 0 Å². The molecule has 17 heavy (non-hydrogen) atoms. The van der Waals surface area contributed by atoms with E-state index in [0.29, 0.717) is 26.1 Å². The lowest BCUT2D eigenvalue weighted by Crippen LogP contribution is -2.55. The number of hydrogen-bond donors (Lipinski definition) is 1. The highest BCUT2D eigenvalue weighted by Crippen LogP contribution is 2.23. The summed E-state index contributed by atoms with van der Waals surface area (Å²) in [6.45, 7) is 5.75. The molecule has 2 saturated heterocycles. The fourth-order valence-corrected chi connectivity index (χ4v) is 2.58. The number of hydrogen-bond acceptors (Lipinski definition) is 3. The Labute approximate surface area is 102 Å². The number of amides is 2. The monoisotopic (exact) mass is 239 g/mol. The highest BCUT2D eigenvalue weighted by molar-refractivity contribution is 5.81. The summed E-state index contributed by atoms with van der Waals surface area (Å²) >= 11 is 0. The van der Waals surface area contributed by atoms with E-state index in [1.807, 2.05) is 23.6 Å². The number of rotatable bonds is 2. The highest BCUT2D eigenvalue weighted by atomic mass is 16.2. The van der Waals surface area contributed by atoms with Crippen molar-refractivity contribution in [3.8, 4) is 0 Å². The van der Waals surface area contributed by atoms with Crippen molar-refractivity contribution in [2.45, 2.75) is 38.8 Å². The second kappa shape index (κ2) is 4.64. The van der Waals surface area contributed by atoms with Gasteiger partial charge in [-0.05, 0) is 13.3 Å². The van der Waals surface area contributed by atoms with Gasteiger partial charge in [-0.15, -0.1) is 0 Å². The molecule has 0 saturated carbocycles. The van der Waals surface area contributed by atoms with Crippen molar-refractivity contribution in [2.75, 3.05) is 19.6 Å². The van der Waals surface area contributed by atoms with Crippen LogP contribution in [0.5, 0.6) is 0 Å². The van der Waals surface area contributed by atoms with Crippen LogP contribution < -0.4 is 5.73 Å². The van der Waals surface area contributed by atoms with Crippen LogP contribution >= 0.6 is 0 Å². The van der Waals surface area contributed by atoms with Crippen LogP contribution in [0.15, 0.2) is 0 Å². The van der Waals surface area contributed by atoms with Gasteiger partial charge in [-0.3, -0.25) is 9.59 Å². The second-order valence-electron chi connectivity index (χ2n) is 5.21. The van der Waals surface area contributed by atoms with Gasteiger partial charge < -0.3 is 15.5 Å². The molecule has 0 spiro atoms. The van der Waals surface area contributed by atoms with E-state index in [2.05, 4.69) is 0 Å². The van der Waals surface area contributed by atoms with E-state index in [9.17, 15) is 9.59 Å². The van der Waals surface area contributed by atoms with Crippen LogP contribution in [-0.2, 0) is 9.59 Å². The van der Waals surface area contributed by atoms with Crippen molar-refractivity contribution in [1.29, 1.82) is 0 Å². The van der Waals surface area contributed by atoms with E-state index in [-0.39, 0.29) is 29.8 Å². The smallest absolute Gasteiger partial charge is 0.227 e. The molecule has 3 atom stereocenters. The Hall–Kier alpha value is -1.10. The Balaban J connectivity index is 1.97. The lowest BCUT2D eigenvalue weighted by molar-refractivity contribution is -0.142. The van der Waals surface area contributed by atoms with Gasteiger partial charge in [0.2, 0.25) is 11.8 Å². The maximum atomic E-state index is 12.2. The fraction of sp³-hybridized carbons (Fsp3) is 0.833. The first-order valence-corrected chi connectivity index (χ1v) is 6.34. The van der Waals surface area contributed by atoms with Gasteiger partial charge in [0.25, 0.3) is 0 Å². The zero-order valence-corrected chi connectivity index (χ0v) is 10.6. The second-order valence-corrected chi connectivity index (χ2v) is 5.21. The van der Waals surface area contributed by atoms with Crippen molar-refractivity contribution >= 4 is 11.8 Å². The SMILES string of the molecule is CC(N)C(C)C(=O)N1CCN2C(=O)CCC2C1. The maximum absolute atomic E-state index is 12.2. The molecular weight excluding hydrogens is 218 g/mol. The zero-order valence-electron chi connectivity index (χ0n) is 10.6. The summed E-state index contributed by atoms with van der Waals surface area (Å²) in [5, 5.41) is 0. The number of carbonyl (C=O) groups is 2. The molecule has 2 fully saturated rings. The number of nitrogens with two attached hydrogens (primary N) is 1. The van der Waals surface area contributed by atoms with Crippen LogP contribution in [0.4, 0.5) is 0 Å². The van der Waals surface area contributed by atoms with Crippen molar-refractivity contribution < 1.29 is 9.59 Å². The molecule has 0 aromatic rings. The summed E-state index contributed by atoms with van der Waals surface area (Å²) in [5.74, 6) is 0.222. The highest BCUT2D eigenvalue weighted by Gasteiger charge is 2.37. The topological polar surface area (TPSA) is 66.6 Å². The molecule has 0 bridgehead atoms. The normalized spacial score (nSPS) is 27.9. The van der Waals surface area contributed by atoms with Gasteiger partial charge in [-0.1, -0.05) is 6.92 Å². The average Bonchev–Trinajstić information content (AvgIpc) is 2.68. The summed E-state index contributed by atoms with van der Waals surface area (Å²) in [6, 6.07) is 0.117. The van der Waals surface area contributed by atoms with E-state index >= 15 is 0 Å². The third-order valence-corrected chi connectivity index (χ3v) is 3.98. The number of carbonyl (C=O) groups excluding carboxylic acids is 2. The molecule has 0 aromatic carbocycles. The summed E-state index contributed by atoms with van der Waals surface area (Å²) in [5.41, 5.74) is 5.76. The molecule has 3 unspecified atom stereocenters. The molecule has 0 aromatic heterocycles. The molecule has 2 aliphatic heterocycles. The quantitative estimate of drug-likeness (QED) is 0.726. The van der Waals surface area contributed by atoms with Crippen LogP contribution in [0.25, 0.3) is 0 Å². The van der Waals surface area contributed by atoms with Gasteiger partial charge in [0.1, 0.15) is 0 Å². The molecule has 96 valence electrons. The molecule has 2 N–H and O–H groups in total. The first-order chi connectivity index (χ1) is 8.00. The molecule has 5 nitrogen and oxygen atoms in total. The standard InChI is InChI=1S/C12H21N3O2/c1-8(9(2)13)12(17)14-5-6-15-10(7-14)3-4-11(15)16/h8-10H,3-7,13H2,1-2H3. The zero-order chi connectivity index (χ0) is 12.6. The summed E-state index contributed by atoms with van der Waals surface area (Å²) in [6.07, 6.45) is 1.52. The Kier molecular flexibility index (Phi) is 3.38. The van der Waals surface area contributed by atoms with Crippen molar-refractivity contribution in [3.63, 3.8) is 0 Å². The Bertz CT molecular complexity index is 330. The van der Waals surface area contributed by atoms with Crippen LogP contribution in [-0.4, -0.2) is 53.3 Å². The van der Waals surface area contributed by atoms with E-state index in [4.69, 9.17) is 5.73 Å². The number of fused-ring (bicyclic) bond motifs is 1. The maximum Gasteiger partial charge on any atom is 0.227 e. The first kappa shape index (κ1) is 12.4. The summed E-state index contributed by atoms with van der Waals surface area (Å²) in [4.78, 5) is 27.5. The molecule has 2 rings (SSSR count). The van der Waals surface area contributed by atoms with Crippen LogP contribution in [0, 0.1) is 5.92 Å². The summed E-state index contributed by atoms with van der Waals surface area (Å²) < 4.78 is 0. The van der Waals surface area contributed by atoms with Gasteiger partial charge in [0.05, 0.1) is 5.92 Å². The number of piperazine rings is 1. The molecule has 5 heteroatoms. The Morgan fingerprint density at radius 2 is 2.12 bits per heavy atom. The van der Waals surface area contributed by atoms with Crippen LogP contribution in [0.3, 0.4) is 0 Å². The molecule has 2 amide bonds. The van der Waals surface area contributed by atoms with Crippen molar-refractivity contribution in [2.24, 2.45) is 11.7 Å². The lowest BCUT2D eigenvalue weighted by Gasteiger charge is -2.39. The first-order valence-electron chi connectivity index (χ1n) is 6.34. The van der Waals surface area contributed by atoms with E-state index in [1.54, 1.807) is 0 Å². The minimum atomic E-state index is -0.140. The molecule has 0 radical (unpaired) electrons. The summed E-state index contributed by atoms with van der Waals surface area (Å²) in [7, 11) is 0. The van der Waals surface area contributed by atoms with E-state index in [0.717, 1.165) is 6.42 Å². The minimum Gasteiger partial charge on any atom is -0.339 e. The van der Waals surface area contributed by atoms with Gasteiger partial charge in [-0.25, -0.2) is 0 Å². The molecule has 2 aliphatic rings. The Morgan fingerprint density at radius 1 is 1.41 bits per heavy atom. The van der Waals surface area contributed by atoms with Gasteiger partial charge in [-0.2, -0.15) is 0 Å². The van der Waals surface area contributed by atoms with Gasteiger partial charge in [0.15, 0.2) is 0 Å². The van der Waals surface area contributed by atoms with Crippen LogP contribution in [0.1, 0.15) is 26.7 Å². The predicted molar refractivity (Wildman–Crippen MR) is 64.1 cm³/mol.